The average molecular weight is 791 g/mol. The minimum absolute atomic E-state index is 0.229. The van der Waals surface area contributed by atoms with Crippen molar-refractivity contribution in [3.05, 3.63) is 190 Å². The molecule has 0 fully saturated rings. The van der Waals surface area contributed by atoms with Gasteiger partial charge in [0.1, 0.15) is 5.82 Å². The maximum atomic E-state index is 13.4. The number of aryl methyl sites for hydroxylation is 4. The lowest BCUT2D eigenvalue weighted by atomic mass is 10.0. The van der Waals surface area contributed by atoms with Crippen LogP contribution in [0.4, 0.5) is 5.82 Å². The predicted octanol–water partition coefficient (Wildman–Crippen LogP) is 13.2. The number of nitrogens with zero attached hydrogens (tertiary/aromatic N) is 3. The van der Waals surface area contributed by atoms with Crippen LogP contribution < -0.4 is 5.32 Å². The van der Waals surface area contributed by atoms with E-state index >= 15 is 0 Å². The SMILES string of the molecule is Cc1ccc(-c2c3nc(c(-c4ccc(C)cc4)c4ccc([nH]4)c(-c4ccc(C(=O)Nc5cccc(C)n5)cc4)c4nc(c(-c5ccc(C)cc5)c5ccc2[nH]5)C=C4)C=C3)cc1. The molecular formula is C54H42N6O. The summed E-state index contributed by atoms with van der Waals surface area (Å²) in [6, 6.07) is 47.7. The fourth-order valence-electron chi connectivity index (χ4n) is 8.17. The Hall–Kier alpha value is -7.90. The Morgan fingerprint density at radius 3 is 1.10 bits per heavy atom. The molecule has 0 aliphatic carbocycles. The van der Waals surface area contributed by atoms with Crippen molar-refractivity contribution in [2.24, 2.45) is 0 Å². The van der Waals surface area contributed by atoms with Crippen LogP contribution in [-0.2, 0) is 0 Å². The molecule has 4 aromatic heterocycles. The van der Waals surface area contributed by atoms with Crippen molar-refractivity contribution in [3.63, 3.8) is 0 Å². The van der Waals surface area contributed by atoms with E-state index < -0.39 is 0 Å². The number of hydrogen-bond acceptors (Lipinski definition) is 4. The third kappa shape index (κ3) is 7.27. The Labute approximate surface area is 354 Å². The van der Waals surface area contributed by atoms with Crippen molar-refractivity contribution in [3.8, 4) is 44.5 Å². The molecular weight excluding hydrogens is 749 g/mol. The zero-order chi connectivity index (χ0) is 41.6. The number of aromatic amines is 2. The summed E-state index contributed by atoms with van der Waals surface area (Å²) in [4.78, 5) is 36.3. The van der Waals surface area contributed by atoms with Crippen molar-refractivity contribution in [1.82, 2.24) is 24.9 Å². The molecule has 6 heterocycles. The van der Waals surface area contributed by atoms with Crippen LogP contribution in [-0.4, -0.2) is 30.8 Å². The van der Waals surface area contributed by atoms with Gasteiger partial charge in [0.25, 0.3) is 5.91 Å². The van der Waals surface area contributed by atoms with Crippen molar-refractivity contribution in [2.45, 2.75) is 27.7 Å². The molecule has 0 spiro atoms. The van der Waals surface area contributed by atoms with Crippen LogP contribution in [0.15, 0.2) is 140 Å². The summed E-state index contributed by atoms with van der Waals surface area (Å²) in [7, 11) is 0. The number of pyridine rings is 1. The molecule has 1 amide bonds. The van der Waals surface area contributed by atoms with Crippen molar-refractivity contribution in [1.29, 1.82) is 0 Å². The van der Waals surface area contributed by atoms with Gasteiger partial charge >= 0.3 is 0 Å². The number of carbonyl (C=O) groups excluding carboxylic acids is 1. The number of amides is 1. The Bertz CT molecular complexity index is 3200. The predicted molar refractivity (Wildman–Crippen MR) is 252 cm³/mol. The first-order valence-electron chi connectivity index (χ1n) is 20.5. The van der Waals surface area contributed by atoms with Gasteiger partial charge in [-0.05, 0) is 123 Å². The third-order valence-corrected chi connectivity index (χ3v) is 11.3. The lowest BCUT2D eigenvalue weighted by Crippen LogP contribution is -2.13. The van der Waals surface area contributed by atoms with Crippen molar-refractivity contribution < 1.29 is 4.79 Å². The Morgan fingerprint density at radius 1 is 0.410 bits per heavy atom. The number of anilines is 1. The van der Waals surface area contributed by atoms with E-state index in [0.717, 1.165) is 95.0 Å². The standard InChI is InChI=1S/C54H42N6O/c1-32-8-14-36(15-9-32)50-41-24-26-43(56-41)51(37-16-10-33(2)11-17-37)45-28-30-47(58-45)53(39-20-22-40(23-21-39)54(61)60-49-7-5-6-35(4)55-49)48-31-29-46(59-48)52(44-27-25-42(50)57-44)38-18-12-34(3)13-19-38/h5-31,56,59H,1-4H3,(H,55,60,61). The lowest BCUT2D eigenvalue weighted by molar-refractivity contribution is 0.102. The van der Waals surface area contributed by atoms with Gasteiger partial charge in [0, 0.05) is 55.6 Å². The van der Waals surface area contributed by atoms with E-state index in [4.69, 9.17) is 9.97 Å². The number of rotatable bonds is 6. The molecule has 61 heavy (non-hydrogen) atoms. The maximum Gasteiger partial charge on any atom is 0.256 e. The van der Waals surface area contributed by atoms with Crippen LogP contribution in [0.3, 0.4) is 0 Å². The summed E-state index contributed by atoms with van der Waals surface area (Å²) in [5.41, 5.74) is 20.0. The van der Waals surface area contributed by atoms with E-state index in [1.807, 2.05) is 43.3 Å². The zero-order valence-electron chi connectivity index (χ0n) is 34.3. The highest BCUT2D eigenvalue weighted by Gasteiger charge is 2.19. The number of benzene rings is 4. The highest BCUT2D eigenvalue weighted by molar-refractivity contribution is 6.05. The molecule has 0 unspecified atom stereocenters. The zero-order valence-corrected chi connectivity index (χ0v) is 34.3. The number of fused-ring (bicyclic) bond motifs is 8. The molecule has 8 aromatic rings. The van der Waals surface area contributed by atoms with Crippen LogP contribution in [0.2, 0.25) is 0 Å². The first-order valence-corrected chi connectivity index (χ1v) is 20.5. The van der Waals surface area contributed by atoms with E-state index in [0.29, 0.717) is 11.4 Å². The van der Waals surface area contributed by atoms with Crippen LogP contribution in [0, 0.1) is 27.7 Å². The fraction of sp³-hybridized carbons (Fsp3) is 0.0741. The van der Waals surface area contributed by atoms with E-state index in [1.165, 1.54) is 16.7 Å². The van der Waals surface area contributed by atoms with Gasteiger partial charge in [-0.25, -0.2) is 15.0 Å². The molecule has 10 rings (SSSR count). The van der Waals surface area contributed by atoms with Crippen molar-refractivity contribution >= 4 is 58.1 Å². The number of nitrogens with one attached hydrogen (secondary N) is 3. The average Bonchev–Trinajstić information content (AvgIpc) is 4.11. The Kier molecular flexibility index (Phi) is 9.41. The van der Waals surface area contributed by atoms with Gasteiger partial charge in [0.05, 0.1) is 22.8 Å². The molecule has 4 aromatic carbocycles. The summed E-state index contributed by atoms with van der Waals surface area (Å²) in [5, 5.41) is 2.94. The van der Waals surface area contributed by atoms with E-state index in [-0.39, 0.29) is 5.91 Å². The second-order valence-corrected chi connectivity index (χ2v) is 15.8. The number of H-pyrrole nitrogens is 2. The summed E-state index contributed by atoms with van der Waals surface area (Å²) in [5.74, 6) is 0.285. The molecule has 0 atom stereocenters. The fourth-order valence-corrected chi connectivity index (χ4v) is 8.17. The van der Waals surface area contributed by atoms with E-state index in [1.54, 1.807) is 6.07 Å². The summed E-state index contributed by atoms with van der Waals surface area (Å²) in [6.45, 7) is 8.22. The van der Waals surface area contributed by atoms with Gasteiger partial charge in [0.2, 0.25) is 0 Å². The van der Waals surface area contributed by atoms with E-state index in [9.17, 15) is 4.79 Å². The largest absolute Gasteiger partial charge is 0.354 e. The molecule has 7 nitrogen and oxygen atoms in total. The molecule has 8 bridgehead atoms. The molecule has 0 saturated carbocycles. The molecule has 7 heteroatoms. The highest BCUT2D eigenvalue weighted by atomic mass is 16.1. The summed E-state index contributed by atoms with van der Waals surface area (Å²) >= 11 is 0. The smallest absolute Gasteiger partial charge is 0.256 e. The highest BCUT2D eigenvalue weighted by Crippen LogP contribution is 2.38. The quantitative estimate of drug-likeness (QED) is 0.156. The molecule has 2 aliphatic heterocycles. The Balaban J connectivity index is 1.27. The monoisotopic (exact) mass is 790 g/mol. The first kappa shape index (κ1) is 37.4. The van der Waals surface area contributed by atoms with E-state index in [2.05, 4.69) is 162 Å². The minimum Gasteiger partial charge on any atom is -0.354 e. The minimum atomic E-state index is -0.229. The topological polar surface area (TPSA) is 99.3 Å². The number of aromatic nitrogens is 5. The van der Waals surface area contributed by atoms with Gasteiger partial charge in [-0.15, -0.1) is 0 Å². The second kappa shape index (κ2) is 15.4. The van der Waals surface area contributed by atoms with Crippen LogP contribution in [0.1, 0.15) is 55.5 Å². The molecule has 0 radical (unpaired) electrons. The lowest BCUT2D eigenvalue weighted by Gasteiger charge is -2.08. The van der Waals surface area contributed by atoms with Crippen LogP contribution in [0.25, 0.3) is 90.9 Å². The second-order valence-electron chi connectivity index (χ2n) is 15.8. The number of carbonyl (C=O) groups is 1. The molecule has 0 saturated heterocycles. The molecule has 294 valence electrons. The third-order valence-electron chi connectivity index (χ3n) is 11.3. The number of hydrogen-bond donors (Lipinski definition) is 3. The van der Waals surface area contributed by atoms with Gasteiger partial charge in [-0.2, -0.15) is 0 Å². The van der Waals surface area contributed by atoms with Gasteiger partial charge in [-0.3, -0.25) is 4.79 Å². The summed E-state index contributed by atoms with van der Waals surface area (Å²) in [6.07, 6.45) is 8.43. The summed E-state index contributed by atoms with van der Waals surface area (Å²) < 4.78 is 0. The first-order chi connectivity index (χ1) is 29.7. The van der Waals surface area contributed by atoms with Gasteiger partial charge < -0.3 is 15.3 Å². The van der Waals surface area contributed by atoms with Crippen LogP contribution >= 0.6 is 0 Å². The molecule has 3 N–H and O–H groups in total. The maximum absolute atomic E-state index is 13.4. The Morgan fingerprint density at radius 2 is 0.754 bits per heavy atom. The molecule has 2 aliphatic rings. The van der Waals surface area contributed by atoms with Crippen LogP contribution in [0.5, 0.6) is 0 Å². The normalized spacial score (nSPS) is 11.9. The van der Waals surface area contributed by atoms with Gasteiger partial charge in [-0.1, -0.05) is 108 Å². The van der Waals surface area contributed by atoms with Crippen molar-refractivity contribution in [2.75, 3.05) is 5.32 Å². The van der Waals surface area contributed by atoms with Gasteiger partial charge in [0.15, 0.2) is 0 Å².